The number of ether oxygens (including phenoxy) is 1. The number of aliphatic carboxylic acids is 1. The maximum absolute atomic E-state index is 11.1. The molecule has 1 aromatic carbocycles. The fraction of sp³-hybridized carbons (Fsp3) is 0.462. The summed E-state index contributed by atoms with van der Waals surface area (Å²) in [5.74, 6) is -0.364. The molecule has 0 spiro atoms. The molecule has 1 saturated heterocycles. The molecule has 2 unspecified atom stereocenters. The Hall–Kier alpha value is -1.42. The highest BCUT2D eigenvalue weighted by Crippen LogP contribution is 2.37. The second-order valence-corrected chi connectivity index (χ2v) is 4.92. The lowest BCUT2D eigenvalue weighted by Gasteiger charge is -2.27. The van der Waals surface area contributed by atoms with Gasteiger partial charge in [0, 0.05) is 17.6 Å². The summed E-state index contributed by atoms with van der Waals surface area (Å²) in [6.07, 6.45) is 0.645. The van der Waals surface area contributed by atoms with Crippen LogP contribution in [0.1, 0.15) is 13.3 Å². The van der Waals surface area contributed by atoms with Crippen molar-refractivity contribution in [3.8, 4) is 5.75 Å². The van der Waals surface area contributed by atoms with E-state index >= 15 is 0 Å². The zero-order valence-electron chi connectivity index (χ0n) is 10.4. The Morgan fingerprint density at radius 3 is 2.83 bits per heavy atom. The van der Waals surface area contributed by atoms with Gasteiger partial charge in [0.25, 0.3) is 0 Å². The van der Waals surface area contributed by atoms with E-state index in [1.54, 1.807) is 19.2 Å². The summed E-state index contributed by atoms with van der Waals surface area (Å²) in [6.45, 7) is 2.63. The van der Waals surface area contributed by atoms with E-state index in [1.165, 1.54) is 0 Å². The quantitative estimate of drug-likeness (QED) is 0.917. The minimum Gasteiger partial charge on any atom is -0.495 e. The first-order valence-electron chi connectivity index (χ1n) is 5.87. The average Bonchev–Trinajstić information content (AvgIpc) is 2.71. The number of hydrogen-bond donors (Lipinski definition) is 1. The van der Waals surface area contributed by atoms with E-state index < -0.39 is 5.97 Å². The van der Waals surface area contributed by atoms with Gasteiger partial charge in [-0.15, -0.1) is 0 Å². The van der Waals surface area contributed by atoms with Crippen LogP contribution in [0.3, 0.4) is 0 Å². The topological polar surface area (TPSA) is 49.8 Å². The van der Waals surface area contributed by atoms with Crippen LogP contribution in [0.4, 0.5) is 5.69 Å². The SMILES string of the molecule is COc1ccc(Cl)cc1N1CCC(C(=O)O)C1C. The van der Waals surface area contributed by atoms with Crippen molar-refractivity contribution >= 4 is 23.3 Å². The number of carbonyl (C=O) groups is 1. The number of benzene rings is 1. The van der Waals surface area contributed by atoms with Crippen molar-refractivity contribution in [2.24, 2.45) is 5.92 Å². The second-order valence-electron chi connectivity index (χ2n) is 4.48. The molecule has 0 bridgehead atoms. The highest BCUT2D eigenvalue weighted by Gasteiger charge is 2.36. The fourth-order valence-corrected chi connectivity index (χ4v) is 2.66. The van der Waals surface area contributed by atoms with Crippen molar-refractivity contribution in [2.45, 2.75) is 19.4 Å². The summed E-state index contributed by atoms with van der Waals surface area (Å²) in [7, 11) is 1.60. The van der Waals surface area contributed by atoms with Gasteiger partial charge in [0.1, 0.15) is 5.75 Å². The van der Waals surface area contributed by atoms with E-state index in [1.807, 2.05) is 17.9 Å². The van der Waals surface area contributed by atoms with Crippen molar-refractivity contribution in [1.29, 1.82) is 0 Å². The fourth-order valence-electron chi connectivity index (χ4n) is 2.50. The van der Waals surface area contributed by atoms with Gasteiger partial charge in [-0.05, 0) is 31.5 Å². The lowest BCUT2D eigenvalue weighted by atomic mass is 10.0. The molecule has 0 radical (unpaired) electrons. The molecule has 98 valence electrons. The van der Waals surface area contributed by atoms with Crippen LogP contribution < -0.4 is 9.64 Å². The first-order valence-corrected chi connectivity index (χ1v) is 6.25. The van der Waals surface area contributed by atoms with Crippen molar-refractivity contribution in [3.63, 3.8) is 0 Å². The van der Waals surface area contributed by atoms with Crippen LogP contribution in [0, 0.1) is 5.92 Å². The zero-order valence-corrected chi connectivity index (χ0v) is 11.1. The normalized spacial score (nSPS) is 23.2. The molecular weight excluding hydrogens is 254 g/mol. The Kier molecular flexibility index (Phi) is 3.66. The summed E-state index contributed by atoms with van der Waals surface area (Å²) in [5.41, 5.74) is 0.862. The Bertz CT molecular complexity index is 464. The Morgan fingerprint density at radius 2 is 2.28 bits per heavy atom. The molecular formula is C13H16ClNO3. The number of halogens is 1. The van der Waals surface area contributed by atoms with Crippen LogP contribution >= 0.6 is 11.6 Å². The summed E-state index contributed by atoms with van der Waals surface area (Å²) >= 11 is 6.00. The molecule has 1 aliphatic rings. The largest absolute Gasteiger partial charge is 0.495 e. The maximum Gasteiger partial charge on any atom is 0.308 e. The summed E-state index contributed by atoms with van der Waals surface area (Å²) in [6, 6.07) is 5.33. The summed E-state index contributed by atoms with van der Waals surface area (Å²) < 4.78 is 5.31. The van der Waals surface area contributed by atoms with Gasteiger partial charge in [-0.3, -0.25) is 4.79 Å². The van der Waals surface area contributed by atoms with Crippen LogP contribution in [0.2, 0.25) is 5.02 Å². The molecule has 1 fully saturated rings. The van der Waals surface area contributed by atoms with Gasteiger partial charge in [-0.2, -0.15) is 0 Å². The van der Waals surface area contributed by atoms with E-state index in [4.69, 9.17) is 21.4 Å². The molecule has 0 amide bonds. The number of hydrogen-bond acceptors (Lipinski definition) is 3. The van der Waals surface area contributed by atoms with Gasteiger partial charge in [0.15, 0.2) is 0 Å². The number of rotatable bonds is 3. The molecule has 1 aliphatic heterocycles. The summed E-state index contributed by atoms with van der Waals surface area (Å²) in [4.78, 5) is 13.2. The lowest BCUT2D eigenvalue weighted by Crippen LogP contribution is -2.33. The number of nitrogens with zero attached hydrogens (tertiary/aromatic N) is 1. The van der Waals surface area contributed by atoms with E-state index in [2.05, 4.69) is 0 Å². The molecule has 1 aromatic rings. The van der Waals surface area contributed by atoms with Gasteiger partial charge < -0.3 is 14.7 Å². The minimum absolute atomic E-state index is 0.0603. The first kappa shape index (κ1) is 13.0. The predicted octanol–water partition coefficient (Wildman–Crippen LogP) is 2.65. The molecule has 18 heavy (non-hydrogen) atoms. The number of carboxylic acid groups (broad SMARTS) is 1. The van der Waals surface area contributed by atoms with Crippen LogP contribution in [-0.4, -0.2) is 30.8 Å². The molecule has 0 saturated carbocycles. The highest BCUT2D eigenvalue weighted by molar-refractivity contribution is 6.30. The molecule has 2 rings (SSSR count). The zero-order chi connectivity index (χ0) is 13.3. The summed E-state index contributed by atoms with van der Waals surface area (Å²) in [5, 5.41) is 9.77. The van der Waals surface area contributed by atoms with Crippen molar-refractivity contribution < 1.29 is 14.6 Å². The molecule has 0 aliphatic carbocycles. The third kappa shape index (κ3) is 2.25. The Balaban J connectivity index is 2.32. The van der Waals surface area contributed by atoms with Gasteiger partial charge in [0.05, 0.1) is 18.7 Å². The van der Waals surface area contributed by atoms with E-state index in [-0.39, 0.29) is 12.0 Å². The Morgan fingerprint density at radius 1 is 1.56 bits per heavy atom. The average molecular weight is 270 g/mol. The maximum atomic E-state index is 11.1. The van der Waals surface area contributed by atoms with Crippen LogP contribution in [0.5, 0.6) is 5.75 Å². The van der Waals surface area contributed by atoms with Crippen molar-refractivity contribution in [3.05, 3.63) is 23.2 Å². The monoisotopic (exact) mass is 269 g/mol. The van der Waals surface area contributed by atoms with Crippen LogP contribution in [0.25, 0.3) is 0 Å². The van der Waals surface area contributed by atoms with E-state index in [9.17, 15) is 4.79 Å². The van der Waals surface area contributed by atoms with Gasteiger partial charge in [-0.25, -0.2) is 0 Å². The third-order valence-electron chi connectivity index (χ3n) is 3.52. The second kappa shape index (κ2) is 5.06. The van der Waals surface area contributed by atoms with Gasteiger partial charge >= 0.3 is 5.97 Å². The van der Waals surface area contributed by atoms with Gasteiger partial charge in [0.2, 0.25) is 0 Å². The van der Waals surface area contributed by atoms with E-state index in [0.29, 0.717) is 18.0 Å². The van der Waals surface area contributed by atoms with Gasteiger partial charge in [-0.1, -0.05) is 11.6 Å². The van der Waals surface area contributed by atoms with Crippen LogP contribution in [-0.2, 0) is 4.79 Å². The number of methoxy groups -OCH3 is 1. The number of carboxylic acids is 1. The molecule has 1 N–H and O–H groups in total. The molecule has 2 atom stereocenters. The predicted molar refractivity (Wildman–Crippen MR) is 70.6 cm³/mol. The number of anilines is 1. The first-order chi connectivity index (χ1) is 8.54. The van der Waals surface area contributed by atoms with Crippen LogP contribution in [0.15, 0.2) is 18.2 Å². The Labute approximate surface area is 111 Å². The molecule has 1 heterocycles. The lowest BCUT2D eigenvalue weighted by molar-refractivity contribution is -0.141. The van der Waals surface area contributed by atoms with Crippen molar-refractivity contribution in [1.82, 2.24) is 0 Å². The molecule has 4 nitrogen and oxygen atoms in total. The molecule has 0 aromatic heterocycles. The minimum atomic E-state index is -0.744. The highest BCUT2D eigenvalue weighted by atomic mass is 35.5. The third-order valence-corrected chi connectivity index (χ3v) is 3.76. The van der Waals surface area contributed by atoms with E-state index in [0.717, 1.165) is 11.4 Å². The standard InChI is InChI=1S/C13H16ClNO3/c1-8-10(13(16)17)5-6-15(8)11-7-9(14)3-4-12(11)18-2/h3-4,7-8,10H,5-6H2,1-2H3,(H,16,17). The smallest absolute Gasteiger partial charge is 0.308 e. The van der Waals surface area contributed by atoms with Crippen molar-refractivity contribution in [2.75, 3.05) is 18.6 Å². The molecule has 5 heteroatoms.